The molecule has 4 heteroatoms. The molecule has 0 heterocycles. The zero-order valence-electron chi connectivity index (χ0n) is 11.4. The van der Waals surface area contributed by atoms with Crippen molar-refractivity contribution in [2.75, 3.05) is 0 Å². The van der Waals surface area contributed by atoms with E-state index in [9.17, 15) is 5.11 Å². The standard InChI is InChI=1S/C16H16Cl2O2/c1-10-3-4-11(2)13(5-10)9-20-16-12(8-19)6-14(17)7-15(16)18/h3-7,19H,8-9H2,1-2H3. The van der Waals surface area contributed by atoms with E-state index in [0.717, 1.165) is 11.1 Å². The van der Waals surface area contributed by atoms with Crippen LogP contribution in [0.5, 0.6) is 5.75 Å². The largest absolute Gasteiger partial charge is 0.487 e. The van der Waals surface area contributed by atoms with Crippen LogP contribution < -0.4 is 4.74 Å². The summed E-state index contributed by atoms with van der Waals surface area (Å²) in [5.41, 5.74) is 4.03. The van der Waals surface area contributed by atoms with Gasteiger partial charge in [0, 0.05) is 10.6 Å². The minimum absolute atomic E-state index is 0.164. The zero-order chi connectivity index (χ0) is 14.7. The van der Waals surface area contributed by atoms with E-state index in [1.807, 2.05) is 13.8 Å². The molecule has 0 saturated heterocycles. The fourth-order valence-corrected chi connectivity index (χ4v) is 2.59. The topological polar surface area (TPSA) is 29.5 Å². The molecule has 2 rings (SSSR count). The minimum Gasteiger partial charge on any atom is -0.487 e. The first-order valence-corrected chi connectivity index (χ1v) is 7.04. The van der Waals surface area contributed by atoms with Crippen LogP contribution >= 0.6 is 23.2 Å². The highest BCUT2D eigenvalue weighted by Gasteiger charge is 2.11. The second-order valence-corrected chi connectivity index (χ2v) is 5.60. The monoisotopic (exact) mass is 310 g/mol. The van der Waals surface area contributed by atoms with Crippen LogP contribution in [0, 0.1) is 13.8 Å². The number of hydrogen-bond donors (Lipinski definition) is 1. The summed E-state index contributed by atoms with van der Waals surface area (Å²) in [6.45, 7) is 4.32. The SMILES string of the molecule is Cc1ccc(C)c(COc2c(Cl)cc(Cl)cc2CO)c1. The van der Waals surface area contributed by atoms with Gasteiger partial charge in [0.1, 0.15) is 12.4 Å². The van der Waals surface area contributed by atoms with Crippen LogP contribution in [0.3, 0.4) is 0 Å². The lowest BCUT2D eigenvalue weighted by Crippen LogP contribution is -2.01. The average Bonchev–Trinajstić information content (AvgIpc) is 2.40. The molecule has 0 atom stereocenters. The molecule has 106 valence electrons. The molecule has 0 bridgehead atoms. The Morgan fingerprint density at radius 3 is 2.50 bits per heavy atom. The van der Waals surface area contributed by atoms with Crippen LogP contribution in [0.25, 0.3) is 0 Å². The molecule has 0 unspecified atom stereocenters. The smallest absolute Gasteiger partial charge is 0.144 e. The highest BCUT2D eigenvalue weighted by atomic mass is 35.5. The molecule has 2 nitrogen and oxygen atoms in total. The lowest BCUT2D eigenvalue weighted by Gasteiger charge is -2.14. The molecule has 0 radical (unpaired) electrons. The lowest BCUT2D eigenvalue weighted by atomic mass is 10.1. The van der Waals surface area contributed by atoms with Crippen molar-refractivity contribution in [3.05, 3.63) is 62.6 Å². The lowest BCUT2D eigenvalue weighted by molar-refractivity contribution is 0.259. The van der Waals surface area contributed by atoms with E-state index >= 15 is 0 Å². The van der Waals surface area contributed by atoms with Gasteiger partial charge in [0.05, 0.1) is 11.6 Å². The van der Waals surface area contributed by atoms with Crippen molar-refractivity contribution in [3.8, 4) is 5.75 Å². The van der Waals surface area contributed by atoms with Crippen molar-refractivity contribution in [3.63, 3.8) is 0 Å². The number of aryl methyl sites for hydroxylation is 2. The predicted molar refractivity (Wildman–Crippen MR) is 82.6 cm³/mol. The molecule has 0 fully saturated rings. The second-order valence-electron chi connectivity index (χ2n) is 4.75. The number of aliphatic hydroxyl groups is 1. The molecular weight excluding hydrogens is 295 g/mol. The molecule has 2 aromatic carbocycles. The van der Waals surface area contributed by atoms with Gasteiger partial charge < -0.3 is 9.84 Å². The van der Waals surface area contributed by atoms with Gasteiger partial charge in [0.2, 0.25) is 0 Å². The Kier molecular flexibility index (Phi) is 4.92. The molecule has 0 aliphatic rings. The third-order valence-electron chi connectivity index (χ3n) is 3.13. The first kappa shape index (κ1) is 15.2. The van der Waals surface area contributed by atoms with Gasteiger partial charge >= 0.3 is 0 Å². The molecule has 20 heavy (non-hydrogen) atoms. The van der Waals surface area contributed by atoms with E-state index in [-0.39, 0.29) is 6.61 Å². The molecule has 1 N–H and O–H groups in total. The van der Waals surface area contributed by atoms with E-state index in [2.05, 4.69) is 18.2 Å². The van der Waals surface area contributed by atoms with Gasteiger partial charge in [-0.3, -0.25) is 0 Å². The van der Waals surface area contributed by atoms with Crippen LogP contribution in [0.1, 0.15) is 22.3 Å². The first-order valence-electron chi connectivity index (χ1n) is 6.29. The van der Waals surface area contributed by atoms with Gasteiger partial charge in [-0.2, -0.15) is 0 Å². The molecule has 0 aromatic heterocycles. The fraction of sp³-hybridized carbons (Fsp3) is 0.250. The van der Waals surface area contributed by atoms with Crippen molar-refractivity contribution >= 4 is 23.2 Å². The number of rotatable bonds is 4. The molecule has 2 aromatic rings. The van der Waals surface area contributed by atoms with E-state index in [4.69, 9.17) is 27.9 Å². The maximum absolute atomic E-state index is 9.37. The second kappa shape index (κ2) is 6.49. The van der Waals surface area contributed by atoms with Gasteiger partial charge in [-0.25, -0.2) is 0 Å². The third-order valence-corrected chi connectivity index (χ3v) is 3.63. The Labute approximate surface area is 128 Å². The van der Waals surface area contributed by atoms with Gasteiger partial charge in [-0.05, 0) is 37.1 Å². The van der Waals surface area contributed by atoms with Crippen LogP contribution in [0.2, 0.25) is 10.0 Å². The Balaban J connectivity index is 2.25. The number of benzene rings is 2. The summed E-state index contributed by atoms with van der Waals surface area (Å²) < 4.78 is 5.79. The summed E-state index contributed by atoms with van der Waals surface area (Å²) in [5, 5.41) is 10.3. The van der Waals surface area contributed by atoms with Crippen molar-refractivity contribution < 1.29 is 9.84 Å². The summed E-state index contributed by atoms with van der Waals surface area (Å²) in [6, 6.07) is 9.47. The van der Waals surface area contributed by atoms with Crippen molar-refractivity contribution in [2.24, 2.45) is 0 Å². The summed E-state index contributed by atoms with van der Waals surface area (Å²) in [6.07, 6.45) is 0. The van der Waals surface area contributed by atoms with E-state index in [0.29, 0.717) is 28.0 Å². The maximum Gasteiger partial charge on any atom is 0.144 e. The summed E-state index contributed by atoms with van der Waals surface area (Å²) in [7, 11) is 0. The molecule has 0 aliphatic carbocycles. The van der Waals surface area contributed by atoms with E-state index < -0.39 is 0 Å². The van der Waals surface area contributed by atoms with Gasteiger partial charge in [0.25, 0.3) is 0 Å². The fourth-order valence-electron chi connectivity index (χ4n) is 2.00. The maximum atomic E-state index is 9.37. The molecule has 0 spiro atoms. The van der Waals surface area contributed by atoms with Crippen LogP contribution in [-0.4, -0.2) is 5.11 Å². The third kappa shape index (κ3) is 3.45. The summed E-state index contributed by atoms with van der Waals surface area (Å²) >= 11 is 12.0. The summed E-state index contributed by atoms with van der Waals surface area (Å²) in [4.78, 5) is 0. The van der Waals surface area contributed by atoms with Crippen LogP contribution in [-0.2, 0) is 13.2 Å². The van der Waals surface area contributed by atoms with Gasteiger partial charge in [-0.1, -0.05) is 47.0 Å². The Hall–Kier alpha value is -1.22. The molecular formula is C16H16Cl2O2. The minimum atomic E-state index is -0.164. The zero-order valence-corrected chi connectivity index (χ0v) is 12.9. The molecule has 0 saturated carbocycles. The Morgan fingerprint density at radius 2 is 1.80 bits per heavy atom. The van der Waals surface area contributed by atoms with Crippen molar-refractivity contribution in [1.29, 1.82) is 0 Å². The Bertz CT molecular complexity index is 624. The average molecular weight is 311 g/mol. The van der Waals surface area contributed by atoms with Gasteiger partial charge in [-0.15, -0.1) is 0 Å². The predicted octanol–water partition coefficient (Wildman–Crippen LogP) is 4.68. The van der Waals surface area contributed by atoms with Gasteiger partial charge in [0.15, 0.2) is 0 Å². The summed E-state index contributed by atoms with van der Waals surface area (Å²) in [5.74, 6) is 0.486. The Morgan fingerprint density at radius 1 is 1.05 bits per heavy atom. The van der Waals surface area contributed by atoms with Crippen LogP contribution in [0.4, 0.5) is 0 Å². The first-order chi connectivity index (χ1) is 9.51. The normalized spacial score (nSPS) is 10.7. The van der Waals surface area contributed by atoms with Crippen LogP contribution in [0.15, 0.2) is 30.3 Å². The number of ether oxygens (including phenoxy) is 1. The molecule has 0 amide bonds. The van der Waals surface area contributed by atoms with Crippen molar-refractivity contribution in [1.82, 2.24) is 0 Å². The van der Waals surface area contributed by atoms with E-state index in [1.54, 1.807) is 12.1 Å². The number of halogens is 2. The number of aliphatic hydroxyl groups excluding tert-OH is 1. The highest BCUT2D eigenvalue weighted by Crippen LogP contribution is 2.33. The van der Waals surface area contributed by atoms with Crippen molar-refractivity contribution in [2.45, 2.75) is 27.1 Å². The highest BCUT2D eigenvalue weighted by molar-refractivity contribution is 6.35. The molecule has 0 aliphatic heterocycles. The quantitative estimate of drug-likeness (QED) is 0.888. The number of hydrogen-bond acceptors (Lipinski definition) is 2. The van der Waals surface area contributed by atoms with E-state index in [1.165, 1.54) is 5.56 Å².